The number of rotatable bonds is 4. The molecular formula is C13H18BrNO2. The number of halogens is 1. The minimum absolute atomic E-state index is 0.143. The number of nitrogens with two attached hydrogens (primary N) is 1. The largest absolute Gasteiger partial charge is 0.496 e. The standard InChI is InChI=1S/C13H18BrNO2/c1-17-11-4-3-9(14)7-10(11)12(15)13(8-16)5-2-6-13/h3-4,7,12,16H,2,5-6,8,15H2,1H3. The van der Waals surface area contributed by atoms with Crippen LogP contribution in [-0.4, -0.2) is 18.8 Å². The molecule has 1 aromatic rings. The Hall–Kier alpha value is -0.580. The Morgan fingerprint density at radius 3 is 2.71 bits per heavy atom. The summed E-state index contributed by atoms with van der Waals surface area (Å²) in [5.74, 6) is 0.792. The van der Waals surface area contributed by atoms with Gasteiger partial charge in [-0.1, -0.05) is 22.4 Å². The van der Waals surface area contributed by atoms with Crippen molar-refractivity contribution in [1.29, 1.82) is 0 Å². The fraction of sp³-hybridized carbons (Fsp3) is 0.538. The smallest absolute Gasteiger partial charge is 0.123 e. The number of benzene rings is 1. The van der Waals surface area contributed by atoms with Crippen LogP contribution in [0.4, 0.5) is 0 Å². The molecule has 0 aliphatic heterocycles. The maximum absolute atomic E-state index is 9.57. The van der Waals surface area contributed by atoms with Crippen LogP contribution in [0.5, 0.6) is 5.75 Å². The molecule has 4 heteroatoms. The van der Waals surface area contributed by atoms with Crippen LogP contribution < -0.4 is 10.5 Å². The van der Waals surface area contributed by atoms with Crippen LogP contribution in [0.25, 0.3) is 0 Å². The Labute approximate surface area is 110 Å². The topological polar surface area (TPSA) is 55.5 Å². The molecule has 1 aliphatic rings. The van der Waals surface area contributed by atoms with Crippen molar-refractivity contribution < 1.29 is 9.84 Å². The summed E-state index contributed by atoms with van der Waals surface area (Å²) in [6.07, 6.45) is 3.12. The van der Waals surface area contributed by atoms with E-state index in [1.807, 2.05) is 18.2 Å². The lowest BCUT2D eigenvalue weighted by Gasteiger charge is -2.45. The van der Waals surface area contributed by atoms with Crippen LogP contribution in [0.15, 0.2) is 22.7 Å². The lowest BCUT2D eigenvalue weighted by atomic mass is 9.63. The summed E-state index contributed by atoms with van der Waals surface area (Å²) in [4.78, 5) is 0. The van der Waals surface area contributed by atoms with E-state index >= 15 is 0 Å². The minimum atomic E-state index is -0.173. The molecule has 1 saturated carbocycles. The first kappa shape index (κ1) is 12.9. The second-order valence-electron chi connectivity index (χ2n) is 4.74. The highest BCUT2D eigenvalue weighted by Crippen LogP contribution is 2.50. The second kappa shape index (κ2) is 4.96. The Balaban J connectivity index is 2.35. The van der Waals surface area contributed by atoms with E-state index in [0.717, 1.165) is 35.0 Å². The van der Waals surface area contributed by atoms with Crippen molar-refractivity contribution in [2.45, 2.75) is 25.3 Å². The van der Waals surface area contributed by atoms with Gasteiger partial charge in [0.05, 0.1) is 13.7 Å². The van der Waals surface area contributed by atoms with Gasteiger partial charge in [-0.25, -0.2) is 0 Å². The van der Waals surface area contributed by atoms with Crippen LogP contribution in [0.3, 0.4) is 0 Å². The van der Waals surface area contributed by atoms with Gasteiger partial charge in [0.25, 0.3) is 0 Å². The number of aliphatic hydroxyl groups is 1. The summed E-state index contributed by atoms with van der Waals surface area (Å²) in [5.41, 5.74) is 7.14. The fourth-order valence-corrected chi connectivity index (χ4v) is 2.86. The zero-order chi connectivity index (χ0) is 12.5. The van der Waals surface area contributed by atoms with Gasteiger partial charge in [0.15, 0.2) is 0 Å². The van der Waals surface area contributed by atoms with Gasteiger partial charge in [0.2, 0.25) is 0 Å². The van der Waals surface area contributed by atoms with E-state index in [1.165, 1.54) is 0 Å². The molecule has 1 atom stereocenters. The van der Waals surface area contributed by atoms with E-state index in [0.29, 0.717) is 0 Å². The molecule has 0 amide bonds. The summed E-state index contributed by atoms with van der Waals surface area (Å²) in [6.45, 7) is 0.143. The molecule has 2 rings (SSSR count). The van der Waals surface area contributed by atoms with Crippen LogP contribution >= 0.6 is 15.9 Å². The average Bonchev–Trinajstić information content (AvgIpc) is 2.28. The SMILES string of the molecule is COc1ccc(Br)cc1C(N)C1(CO)CCC1. The Bertz CT molecular complexity index is 399. The van der Waals surface area contributed by atoms with Gasteiger partial charge in [-0.2, -0.15) is 0 Å². The molecule has 17 heavy (non-hydrogen) atoms. The molecule has 0 bridgehead atoms. The van der Waals surface area contributed by atoms with Gasteiger partial charge < -0.3 is 15.6 Å². The summed E-state index contributed by atoms with van der Waals surface area (Å²) < 4.78 is 6.33. The highest BCUT2D eigenvalue weighted by atomic mass is 79.9. The van der Waals surface area contributed by atoms with Gasteiger partial charge in [-0.3, -0.25) is 0 Å². The van der Waals surface area contributed by atoms with E-state index in [2.05, 4.69) is 15.9 Å². The van der Waals surface area contributed by atoms with Crippen molar-refractivity contribution in [2.75, 3.05) is 13.7 Å². The summed E-state index contributed by atoms with van der Waals surface area (Å²) in [7, 11) is 1.64. The average molecular weight is 300 g/mol. The lowest BCUT2D eigenvalue weighted by molar-refractivity contribution is 0.0177. The summed E-state index contributed by atoms with van der Waals surface area (Å²) in [5, 5.41) is 9.57. The third-order valence-corrected chi connectivity index (χ3v) is 4.34. The van der Waals surface area contributed by atoms with Gasteiger partial charge in [-0.15, -0.1) is 0 Å². The summed E-state index contributed by atoms with van der Waals surface area (Å²) in [6, 6.07) is 5.65. The minimum Gasteiger partial charge on any atom is -0.496 e. The molecule has 0 heterocycles. The van der Waals surface area contributed by atoms with Crippen molar-refractivity contribution in [1.82, 2.24) is 0 Å². The molecule has 0 radical (unpaired) electrons. The van der Waals surface area contributed by atoms with Crippen LogP contribution in [0.2, 0.25) is 0 Å². The highest BCUT2D eigenvalue weighted by molar-refractivity contribution is 9.10. The third kappa shape index (κ3) is 2.21. The molecule has 1 fully saturated rings. The number of aliphatic hydroxyl groups excluding tert-OH is 1. The zero-order valence-electron chi connectivity index (χ0n) is 9.95. The van der Waals surface area contributed by atoms with Gasteiger partial charge in [0, 0.05) is 21.5 Å². The first-order valence-electron chi connectivity index (χ1n) is 5.83. The second-order valence-corrected chi connectivity index (χ2v) is 5.65. The molecule has 3 nitrogen and oxygen atoms in total. The van der Waals surface area contributed by atoms with E-state index in [-0.39, 0.29) is 18.1 Å². The van der Waals surface area contributed by atoms with Gasteiger partial charge >= 0.3 is 0 Å². The Morgan fingerprint density at radius 1 is 1.53 bits per heavy atom. The molecule has 94 valence electrons. The van der Waals surface area contributed by atoms with Gasteiger partial charge in [-0.05, 0) is 31.0 Å². The van der Waals surface area contributed by atoms with E-state index < -0.39 is 0 Å². The molecular weight excluding hydrogens is 282 g/mol. The van der Waals surface area contributed by atoms with Crippen LogP contribution in [0.1, 0.15) is 30.9 Å². The van der Waals surface area contributed by atoms with E-state index in [9.17, 15) is 5.11 Å². The molecule has 1 unspecified atom stereocenters. The van der Waals surface area contributed by atoms with Crippen molar-refractivity contribution in [3.8, 4) is 5.75 Å². The Morgan fingerprint density at radius 2 is 2.24 bits per heavy atom. The Kier molecular flexibility index (Phi) is 3.76. The van der Waals surface area contributed by atoms with Crippen molar-refractivity contribution in [3.63, 3.8) is 0 Å². The number of hydrogen-bond donors (Lipinski definition) is 2. The third-order valence-electron chi connectivity index (χ3n) is 3.85. The number of hydrogen-bond acceptors (Lipinski definition) is 3. The fourth-order valence-electron chi connectivity index (χ4n) is 2.48. The molecule has 0 aromatic heterocycles. The van der Waals surface area contributed by atoms with Crippen LogP contribution in [0, 0.1) is 5.41 Å². The normalized spacial score (nSPS) is 19.5. The molecule has 3 N–H and O–H groups in total. The predicted molar refractivity (Wildman–Crippen MR) is 71.0 cm³/mol. The molecule has 1 aliphatic carbocycles. The molecule has 1 aromatic carbocycles. The van der Waals surface area contributed by atoms with Crippen molar-refractivity contribution >= 4 is 15.9 Å². The monoisotopic (exact) mass is 299 g/mol. The predicted octanol–water partition coefficient (Wildman–Crippen LogP) is 2.62. The maximum atomic E-state index is 9.57. The highest BCUT2D eigenvalue weighted by Gasteiger charge is 2.43. The number of ether oxygens (including phenoxy) is 1. The van der Waals surface area contributed by atoms with E-state index in [1.54, 1.807) is 7.11 Å². The quantitative estimate of drug-likeness (QED) is 0.898. The van der Waals surface area contributed by atoms with Gasteiger partial charge in [0.1, 0.15) is 5.75 Å². The zero-order valence-corrected chi connectivity index (χ0v) is 11.5. The number of methoxy groups -OCH3 is 1. The maximum Gasteiger partial charge on any atom is 0.123 e. The first-order valence-corrected chi connectivity index (χ1v) is 6.62. The molecule has 0 saturated heterocycles. The molecule has 0 spiro atoms. The lowest BCUT2D eigenvalue weighted by Crippen LogP contribution is -2.43. The first-order chi connectivity index (χ1) is 8.13. The summed E-state index contributed by atoms with van der Waals surface area (Å²) >= 11 is 3.45. The van der Waals surface area contributed by atoms with E-state index in [4.69, 9.17) is 10.5 Å². The van der Waals surface area contributed by atoms with Crippen molar-refractivity contribution in [3.05, 3.63) is 28.2 Å². The van der Waals surface area contributed by atoms with Crippen LogP contribution in [-0.2, 0) is 0 Å². The van der Waals surface area contributed by atoms with Crippen molar-refractivity contribution in [2.24, 2.45) is 11.1 Å².